The van der Waals surface area contributed by atoms with Crippen molar-refractivity contribution in [2.45, 2.75) is 284 Å². The van der Waals surface area contributed by atoms with Gasteiger partial charge in [0.1, 0.15) is 0 Å². The standard InChI is InChI=1S/C55H110N2O6/c1-8-10-12-14-16-18-20-22-24-26-28-30-32-34-36-38-47-61-49-45-57(53(59)42-41-52(58)56-44-40-43-54(3,4)63-51-55(5,6)60-7)46-50-62-48-39-37-35-33-31-29-27-25-23-21-19-17-15-13-11-9-2/h8-51H2,1-7H3,(H,56,58). The average Bonchev–Trinajstić information content (AvgIpc) is 3.27. The Morgan fingerprint density at radius 1 is 0.444 bits per heavy atom. The molecule has 0 aromatic heterocycles. The molecule has 0 rings (SSSR count). The van der Waals surface area contributed by atoms with Crippen molar-refractivity contribution in [1.29, 1.82) is 0 Å². The second-order valence-electron chi connectivity index (χ2n) is 20.2. The number of ether oxygens (including phenoxy) is 4. The van der Waals surface area contributed by atoms with E-state index in [4.69, 9.17) is 18.9 Å². The molecule has 0 saturated heterocycles. The number of carbonyl (C=O) groups excluding carboxylic acids is 2. The average molecular weight is 895 g/mol. The Kier molecular flexibility index (Phi) is 45.0. The van der Waals surface area contributed by atoms with Crippen molar-refractivity contribution >= 4 is 11.8 Å². The van der Waals surface area contributed by atoms with Gasteiger partial charge in [0.05, 0.1) is 31.0 Å². The molecule has 376 valence electrons. The van der Waals surface area contributed by atoms with E-state index in [1.54, 1.807) is 7.11 Å². The molecule has 0 radical (unpaired) electrons. The zero-order valence-corrected chi connectivity index (χ0v) is 43.5. The first-order valence-electron chi connectivity index (χ1n) is 27.5. The summed E-state index contributed by atoms with van der Waals surface area (Å²) in [4.78, 5) is 27.9. The summed E-state index contributed by atoms with van der Waals surface area (Å²) in [7, 11) is 1.70. The predicted octanol–water partition coefficient (Wildman–Crippen LogP) is 15.3. The van der Waals surface area contributed by atoms with Gasteiger partial charge < -0.3 is 29.2 Å². The van der Waals surface area contributed by atoms with Crippen molar-refractivity contribution in [1.82, 2.24) is 10.2 Å². The summed E-state index contributed by atoms with van der Waals surface area (Å²) in [6.07, 6.45) is 45.5. The van der Waals surface area contributed by atoms with Crippen molar-refractivity contribution in [2.75, 3.05) is 59.8 Å². The molecule has 0 bridgehead atoms. The zero-order valence-electron chi connectivity index (χ0n) is 43.5. The van der Waals surface area contributed by atoms with Crippen LogP contribution in [0, 0.1) is 0 Å². The molecule has 0 aromatic carbocycles. The van der Waals surface area contributed by atoms with Crippen LogP contribution in [0.1, 0.15) is 273 Å². The highest BCUT2D eigenvalue weighted by molar-refractivity contribution is 5.83. The quantitative estimate of drug-likeness (QED) is 0.0612. The number of unbranched alkanes of at least 4 members (excludes halogenated alkanes) is 30. The fourth-order valence-corrected chi connectivity index (χ4v) is 8.13. The normalized spacial score (nSPS) is 12.0. The van der Waals surface area contributed by atoms with Crippen LogP contribution in [-0.2, 0) is 28.5 Å². The van der Waals surface area contributed by atoms with Gasteiger partial charge in [-0.3, -0.25) is 9.59 Å². The molecular weight excluding hydrogens is 785 g/mol. The van der Waals surface area contributed by atoms with Crippen LogP contribution in [0.5, 0.6) is 0 Å². The number of carbonyl (C=O) groups is 2. The van der Waals surface area contributed by atoms with Gasteiger partial charge in [-0.15, -0.1) is 0 Å². The van der Waals surface area contributed by atoms with Crippen LogP contribution in [-0.4, -0.2) is 87.7 Å². The molecule has 0 aliphatic rings. The van der Waals surface area contributed by atoms with Gasteiger partial charge in [0.2, 0.25) is 11.8 Å². The van der Waals surface area contributed by atoms with E-state index in [0.717, 1.165) is 38.9 Å². The van der Waals surface area contributed by atoms with E-state index >= 15 is 0 Å². The molecule has 0 aliphatic carbocycles. The van der Waals surface area contributed by atoms with E-state index in [9.17, 15) is 9.59 Å². The van der Waals surface area contributed by atoms with Crippen LogP contribution in [0.2, 0.25) is 0 Å². The number of nitrogens with one attached hydrogen (secondary N) is 1. The molecule has 8 heteroatoms. The molecule has 63 heavy (non-hydrogen) atoms. The van der Waals surface area contributed by atoms with Crippen LogP contribution < -0.4 is 5.32 Å². The second kappa shape index (κ2) is 45.9. The lowest BCUT2D eigenvalue weighted by atomic mass is 10.0. The van der Waals surface area contributed by atoms with Crippen molar-refractivity contribution in [3.05, 3.63) is 0 Å². The van der Waals surface area contributed by atoms with Crippen LogP contribution in [0.3, 0.4) is 0 Å². The first kappa shape index (κ1) is 61.8. The van der Waals surface area contributed by atoms with E-state index in [2.05, 4.69) is 33.0 Å². The number of methoxy groups -OCH3 is 1. The zero-order chi connectivity index (χ0) is 46.4. The van der Waals surface area contributed by atoms with E-state index in [1.807, 2.05) is 18.7 Å². The SMILES string of the molecule is CCCCCCCCCCCCCCCCCCOCCN(CCOCCCCCCCCCCCCCCCCCC)C(=O)CCC(=O)NCCCC(C)(C)OCC(C)(C)OC. The lowest BCUT2D eigenvalue weighted by Gasteiger charge is -2.31. The monoisotopic (exact) mass is 895 g/mol. The third-order valence-electron chi connectivity index (χ3n) is 12.9. The minimum atomic E-state index is -0.332. The Bertz CT molecular complexity index is 933. The van der Waals surface area contributed by atoms with E-state index in [1.165, 1.54) is 193 Å². The minimum absolute atomic E-state index is 0.00235. The Labute approximate surface area is 393 Å². The lowest BCUT2D eigenvalue weighted by Crippen LogP contribution is -2.38. The van der Waals surface area contributed by atoms with Gasteiger partial charge in [-0.1, -0.05) is 206 Å². The third kappa shape index (κ3) is 45.7. The van der Waals surface area contributed by atoms with Gasteiger partial charge in [-0.05, 0) is 53.4 Å². The fourth-order valence-electron chi connectivity index (χ4n) is 8.13. The van der Waals surface area contributed by atoms with Crippen molar-refractivity contribution in [3.8, 4) is 0 Å². The number of rotatable bonds is 51. The van der Waals surface area contributed by atoms with Crippen LogP contribution in [0.15, 0.2) is 0 Å². The number of nitrogens with zero attached hydrogens (tertiary/aromatic N) is 1. The van der Waals surface area contributed by atoms with Gasteiger partial charge in [-0.2, -0.15) is 0 Å². The van der Waals surface area contributed by atoms with Crippen molar-refractivity contribution in [2.24, 2.45) is 0 Å². The summed E-state index contributed by atoms with van der Waals surface area (Å²) in [5.74, 6) is -0.0838. The summed E-state index contributed by atoms with van der Waals surface area (Å²) >= 11 is 0. The van der Waals surface area contributed by atoms with Gasteiger partial charge in [0, 0.05) is 52.8 Å². The summed E-state index contributed by atoms with van der Waals surface area (Å²) in [6, 6.07) is 0. The largest absolute Gasteiger partial charge is 0.380 e. The number of amides is 2. The van der Waals surface area contributed by atoms with E-state index < -0.39 is 0 Å². The minimum Gasteiger partial charge on any atom is -0.380 e. The van der Waals surface area contributed by atoms with Gasteiger partial charge in [0.25, 0.3) is 0 Å². The highest BCUT2D eigenvalue weighted by Gasteiger charge is 2.24. The molecule has 0 atom stereocenters. The molecular formula is C55H110N2O6. The maximum Gasteiger partial charge on any atom is 0.223 e. The van der Waals surface area contributed by atoms with Crippen LogP contribution in [0.25, 0.3) is 0 Å². The van der Waals surface area contributed by atoms with Crippen LogP contribution >= 0.6 is 0 Å². The summed E-state index contributed by atoms with van der Waals surface area (Å²) in [6.45, 7) is 17.4. The number of hydrogen-bond acceptors (Lipinski definition) is 6. The molecule has 0 heterocycles. The fraction of sp³-hybridized carbons (Fsp3) is 0.964. The topological polar surface area (TPSA) is 86.3 Å². The van der Waals surface area contributed by atoms with Gasteiger partial charge >= 0.3 is 0 Å². The van der Waals surface area contributed by atoms with E-state index in [0.29, 0.717) is 39.5 Å². The van der Waals surface area contributed by atoms with Gasteiger partial charge in [0.15, 0.2) is 0 Å². The molecule has 8 nitrogen and oxygen atoms in total. The lowest BCUT2D eigenvalue weighted by molar-refractivity contribution is -0.135. The molecule has 0 aromatic rings. The summed E-state index contributed by atoms with van der Waals surface area (Å²) in [5.41, 5.74) is -0.639. The van der Waals surface area contributed by atoms with Crippen molar-refractivity contribution in [3.63, 3.8) is 0 Å². The Morgan fingerprint density at radius 3 is 1.14 bits per heavy atom. The first-order valence-corrected chi connectivity index (χ1v) is 27.5. The van der Waals surface area contributed by atoms with Crippen molar-refractivity contribution < 1.29 is 28.5 Å². The highest BCUT2D eigenvalue weighted by Crippen LogP contribution is 2.20. The summed E-state index contributed by atoms with van der Waals surface area (Å²) < 4.78 is 23.6. The first-order chi connectivity index (χ1) is 30.6. The molecule has 1 N–H and O–H groups in total. The Balaban J connectivity index is 4.31. The molecule has 0 fully saturated rings. The molecule has 0 saturated carbocycles. The molecule has 0 spiro atoms. The van der Waals surface area contributed by atoms with E-state index in [-0.39, 0.29) is 35.9 Å². The second-order valence-corrected chi connectivity index (χ2v) is 20.2. The van der Waals surface area contributed by atoms with Gasteiger partial charge in [-0.25, -0.2) is 0 Å². The predicted molar refractivity (Wildman–Crippen MR) is 270 cm³/mol. The molecule has 0 unspecified atom stereocenters. The smallest absolute Gasteiger partial charge is 0.223 e. The number of hydrogen-bond donors (Lipinski definition) is 1. The third-order valence-corrected chi connectivity index (χ3v) is 12.9. The maximum absolute atomic E-state index is 13.3. The van der Waals surface area contributed by atoms with Crippen LogP contribution in [0.4, 0.5) is 0 Å². The Hall–Kier alpha value is -1.22. The molecule has 0 aliphatic heterocycles. The summed E-state index contributed by atoms with van der Waals surface area (Å²) in [5, 5.41) is 3.01. The Morgan fingerprint density at radius 2 is 0.794 bits per heavy atom. The maximum atomic E-state index is 13.3. The highest BCUT2D eigenvalue weighted by atomic mass is 16.5. The molecule has 2 amide bonds.